The molecule has 2 N–H and O–H groups in total. The Labute approximate surface area is 84.5 Å². The molecule has 0 aliphatic carbocycles. The average Bonchev–Trinajstić information content (AvgIpc) is 2.09. The quantitative estimate of drug-likeness (QED) is 0.392. The van der Waals surface area contributed by atoms with Gasteiger partial charge in [-0.15, -0.1) is 0 Å². The van der Waals surface area contributed by atoms with Gasteiger partial charge >= 0.3 is 14.0 Å². The molecule has 0 heterocycles. The molecule has 0 bridgehead atoms. The highest BCUT2D eigenvalue weighted by atomic mass is 31.1. The third-order valence-electron chi connectivity index (χ3n) is 1.84. The predicted molar refractivity (Wildman–Crippen MR) is 54.3 cm³/mol. The van der Waals surface area contributed by atoms with Gasteiger partial charge < -0.3 is 5.11 Å². The van der Waals surface area contributed by atoms with Gasteiger partial charge in [-0.25, -0.2) is 4.79 Å². The first-order valence-corrected chi connectivity index (χ1v) is 5.95. The Kier molecular flexibility index (Phi) is 7.25. The number of unbranched alkanes of at least 4 members (excludes halogenated alkanes) is 3. The lowest BCUT2D eigenvalue weighted by Crippen LogP contribution is -1.99. The summed E-state index contributed by atoms with van der Waals surface area (Å²) in [5.41, 5.74) is 0.0460. The first kappa shape index (κ1) is 13.3. The lowest BCUT2D eigenvalue weighted by Gasteiger charge is -1.98. The van der Waals surface area contributed by atoms with Crippen LogP contribution in [0, 0.1) is 0 Å². The third-order valence-corrected chi connectivity index (χ3v) is 2.37. The fourth-order valence-electron chi connectivity index (χ4n) is 1.10. The Hall–Kier alpha value is -0.730. The average molecular weight is 219 g/mol. The van der Waals surface area contributed by atoms with Gasteiger partial charge in [-0.1, -0.05) is 26.2 Å². The van der Waals surface area contributed by atoms with Crippen molar-refractivity contribution >= 4 is 14.0 Å². The van der Waals surface area contributed by atoms with Gasteiger partial charge in [0.25, 0.3) is 0 Å². The van der Waals surface area contributed by atoms with E-state index in [1.54, 1.807) is 0 Å². The molecule has 0 rings (SSSR count). The smallest absolute Gasteiger partial charge is 0.478 e. The molecule has 0 aromatic rings. The molecule has 0 aromatic heterocycles. The van der Waals surface area contributed by atoms with E-state index in [2.05, 4.69) is 6.92 Å². The number of aliphatic carboxylic acids is 1. The molecule has 0 aliphatic rings. The monoisotopic (exact) mass is 219 g/mol. The fourth-order valence-corrected chi connectivity index (χ4v) is 1.61. The van der Waals surface area contributed by atoms with Crippen molar-refractivity contribution in [2.45, 2.75) is 39.0 Å². The molecule has 0 spiro atoms. The largest absolute Gasteiger partial charge is 0.538 e. The predicted octanol–water partition coefficient (Wildman–Crippen LogP) is 2.66. The summed E-state index contributed by atoms with van der Waals surface area (Å²) in [4.78, 5) is 19.1. The molecular formula is C9H16O4P+. The van der Waals surface area contributed by atoms with E-state index in [0.29, 0.717) is 6.42 Å². The molecule has 1 atom stereocenters. The van der Waals surface area contributed by atoms with Crippen LogP contribution in [0.3, 0.4) is 0 Å². The molecule has 5 heteroatoms. The van der Waals surface area contributed by atoms with E-state index in [1.807, 2.05) is 0 Å². The van der Waals surface area contributed by atoms with Gasteiger partial charge in [-0.2, -0.15) is 4.89 Å². The number of hydrogen-bond acceptors (Lipinski definition) is 2. The van der Waals surface area contributed by atoms with Crippen LogP contribution in [0.25, 0.3) is 0 Å². The Morgan fingerprint density at radius 2 is 2.00 bits per heavy atom. The van der Waals surface area contributed by atoms with Crippen LogP contribution in [0.5, 0.6) is 0 Å². The summed E-state index contributed by atoms with van der Waals surface area (Å²) < 4.78 is 10.4. The summed E-state index contributed by atoms with van der Waals surface area (Å²) in [7, 11) is -2.49. The van der Waals surface area contributed by atoms with Crippen molar-refractivity contribution in [3.8, 4) is 0 Å². The molecule has 0 amide bonds. The Morgan fingerprint density at radius 3 is 2.43 bits per heavy atom. The maximum atomic E-state index is 10.6. The maximum Gasteiger partial charge on any atom is 0.538 e. The highest BCUT2D eigenvalue weighted by Crippen LogP contribution is 2.21. The number of hydrogen-bond donors (Lipinski definition) is 2. The highest BCUT2D eigenvalue weighted by molar-refractivity contribution is 7.41. The van der Waals surface area contributed by atoms with E-state index in [9.17, 15) is 9.36 Å². The van der Waals surface area contributed by atoms with Crippen molar-refractivity contribution in [3.05, 3.63) is 11.4 Å². The van der Waals surface area contributed by atoms with Crippen LogP contribution >= 0.6 is 8.03 Å². The van der Waals surface area contributed by atoms with Crippen molar-refractivity contribution in [3.63, 3.8) is 0 Å². The molecule has 0 saturated carbocycles. The van der Waals surface area contributed by atoms with Gasteiger partial charge in [0.05, 0.1) is 5.57 Å². The first-order valence-electron chi connectivity index (χ1n) is 4.67. The van der Waals surface area contributed by atoms with Crippen LogP contribution in [0.2, 0.25) is 0 Å². The third kappa shape index (κ3) is 6.75. The van der Waals surface area contributed by atoms with E-state index in [4.69, 9.17) is 10.00 Å². The van der Waals surface area contributed by atoms with Gasteiger partial charge in [0.15, 0.2) is 5.82 Å². The molecule has 1 unspecified atom stereocenters. The van der Waals surface area contributed by atoms with Gasteiger partial charge in [0.1, 0.15) is 0 Å². The van der Waals surface area contributed by atoms with Crippen molar-refractivity contribution in [1.29, 1.82) is 0 Å². The standard InChI is InChI=1S/C9H15O4P/c1-2-3-4-5-6-8(9(10)11)7-14(12)13/h7H,2-6H2,1H3,(H-,10,11,12,13)/p+1. The van der Waals surface area contributed by atoms with E-state index >= 15 is 0 Å². The van der Waals surface area contributed by atoms with Gasteiger partial charge in [0.2, 0.25) is 0 Å². The van der Waals surface area contributed by atoms with Crippen molar-refractivity contribution < 1.29 is 19.4 Å². The fraction of sp³-hybridized carbons (Fsp3) is 0.667. The lowest BCUT2D eigenvalue weighted by molar-refractivity contribution is -0.132. The van der Waals surface area contributed by atoms with E-state index in [-0.39, 0.29) is 5.57 Å². The maximum absolute atomic E-state index is 10.6. The lowest BCUT2D eigenvalue weighted by atomic mass is 10.1. The molecule has 0 saturated heterocycles. The summed E-state index contributed by atoms with van der Waals surface area (Å²) in [5, 5.41) is 8.67. The van der Waals surface area contributed by atoms with Crippen LogP contribution in [0.15, 0.2) is 11.4 Å². The van der Waals surface area contributed by atoms with E-state index < -0.39 is 14.0 Å². The second-order valence-corrected chi connectivity index (χ2v) is 3.94. The minimum absolute atomic E-state index is 0.0460. The molecule has 80 valence electrons. The Balaban J connectivity index is 3.99. The van der Waals surface area contributed by atoms with Gasteiger partial charge in [-0.05, 0) is 17.4 Å². The summed E-state index contributed by atoms with van der Waals surface area (Å²) >= 11 is 0. The number of carboxylic acids is 1. The second kappa shape index (κ2) is 7.65. The Morgan fingerprint density at radius 1 is 1.36 bits per heavy atom. The zero-order chi connectivity index (χ0) is 11.0. The van der Waals surface area contributed by atoms with Crippen LogP contribution in [-0.4, -0.2) is 16.0 Å². The zero-order valence-corrected chi connectivity index (χ0v) is 9.17. The van der Waals surface area contributed by atoms with Crippen LogP contribution < -0.4 is 0 Å². The Bertz CT molecular complexity index is 235. The minimum Gasteiger partial charge on any atom is -0.478 e. The molecule has 0 radical (unpaired) electrons. The van der Waals surface area contributed by atoms with Crippen molar-refractivity contribution in [1.82, 2.24) is 0 Å². The number of rotatable bonds is 7. The molecule has 4 nitrogen and oxygen atoms in total. The summed E-state index contributed by atoms with van der Waals surface area (Å²) in [6.45, 7) is 2.07. The van der Waals surface area contributed by atoms with Crippen LogP contribution in [0.1, 0.15) is 39.0 Å². The van der Waals surface area contributed by atoms with Gasteiger partial charge in [-0.3, -0.25) is 0 Å². The van der Waals surface area contributed by atoms with Crippen molar-refractivity contribution in [2.24, 2.45) is 0 Å². The normalized spacial score (nSPS) is 12.7. The molecule has 0 aromatic carbocycles. The summed E-state index contributed by atoms with van der Waals surface area (Å²) in [6.07, 6.45) is 4.24. The molecule has 0 aliphatic heterocycles. The van der Waals surface area contributed by atoms with Gasteiger partial charge in [0, 0.05) is 0 Å². The first-order chi connectivity index (χ1) is 6.57. The van der Waals surface area contributed by atoms with Crippen LogP contribution in [0.4, 0.5) is 0 Å². The minimum atomic E-state index is -2.49. The number of carboxylic acid groups (broad SMARTS) is 1. The second-order valence-electron chi connectivity index (χ2n) is 3.07. The van der Waals surface area contributed by atoms with Crippen LogP contribution in [-0.2, 0) is 9.36 Å². The summed E-state index contributed by atoms with van der Waals surface area (Å²) in [6, 6.07) is 0. The van der Waals surface area contributed by atoms with E-state index in [0.717, 1.165) is 31.5 Å². The topological polar surface area (TPSA) is 74.6 Å². The summed E-state index contributed by atoms with van der Waals surface area (Å²) in [5.74, 6) is -0.178. The molecule has 0 fully saturated rings. The van der Waals surface area contributed by atoms with Crippen molar-refractivity contribution in [2.75, 3.05) is 0 Å². The van der Waals surface area contributed by atoms with E-state index in [1.165, 1.54) is 0 Å². The zero-order valence-electron chi connectivity index (χ0n) is 8.27. The SMILES string of the molecule is CCCCCCC(=C[P+](=O)O)C(=O)O. The molecular weight excluding hydrogens is 203 g/mol. The highest BCUT2D eigenvalue weighted by Gasteiger charge is 2.15. The molecule has 14 heavy (non-hydrogen) atoms. The number of carbonyl (C=O) groups is 1.